The van der Waals surface area contributed by atoms with E-state index >= 15 is 0 Å². The minimum atomic E-state index is 0.0877. The third kappa shape index (κ3) is 2.46. The summed E-state index contributed by atoms with van der Waals surface area (Å²) in [7, 11) is 3.29. The fraction of sp³-hybridized carbons (Fsp3) is 0.471. The quantitative estimate of drug-likeness (QED) is 0.793. The van der Waals surface area contributed by atoms with Gasteiger partial charge in [-0.3, -0.25) is 9.69 Å². The zero-order valence-corrected chi connectivity index (χ0v) is 13.2. The summed E-state index contributed by atoms with van der Waals surface area (Å²) >= 11 is 0. The second-order valence-electron chi connectivity index (χ2n) is 5.74. The van der Waals surface area contributed by atoms with E-state index in [1.807, 2.05) is 23.1 Å². The number of ether oxygens (including phenoxy) is 2. The summed E-state index contributed by atoms with van der Waals surface area (Å²) in [6.07, 6.45) is 2.71. The van der Waals surface area contributed by atoms with Crippen molar-refractivity contribution in [3.05, 3.63) is 35.9 Å². The maximum Gasteiger partial charge on any atom is 0.237 e. The van der Waals surface area contributed by atoms with E-state index in [-0.39, 0.29) is 11.9 Å². The predicted octanol–water partition coefficient (Wildman–Crippen LogP) is 1.63. The number of amides is 1. The van der Waals surface area contributed by atoms with E-state index in [9.17, 15) is 4.79 Å². The van der Waals surface area contributed by atoms with E-state index < -0.39 is 0 Å². The van der Waals surface area contributed by atoms with E-state index in [0.29, 0.717) is 6.54 Å². The Labute approximate surface area is 131 Å². The lowest BCUT2D eigenvalue weighted by Crippen LogP contribution is -2.54. The average molecular weight is 302 g/mol. The van der Waals surface area contributed by atoms with E-state index in [4.69, 9.17) is 9.47 Å². The summed E-state index contributed by atoms with van der Waals surface area (Å²) in [6, 6.07) is 4.16. The van der Waals surface area contributed by atoms with Crippen molar-refractivity contribution < 1.29 is 14.3 Å². The van der Waals surface area contributed by atoms with Crippen molar-refractivity contribution >= 4 is 5.91 Å². The summed E-state index contributed by atoms with van der Waals surface area (Å²) in [6.45, 7) is 6.59. The molecule has 3 rings (SSSR count). The van der Waals surface area contributed by atoms with Gasteiger partial charge in [-0.25, -0.2) is 0 Å². The molecule has 118 valence electrons. The highest BCUT2D eigenvalue weighted by molar-refractivity contribution is 5.80. The second-order valence-corrected chi connectivity index (χ2v) is 5.74. The molecule has 0 aliphatic carbocycles. The van der Waals surface area contributed by atoms with E-state index in [1.165, 1.54) is 11.1 Å². The number of piperazine rings is 1. The second kappa shape index (κ2) is 6.01. The molecule has 0 saturated carbocycles. The summed E-state index contributed by atoms with van der Waals surface area (Å²) in [5.41, 5.74) is 2.41. The fourth-order valence-corrected chi connectivity index (χ4v) is 3.44. The SMILES string of the molecule is C=CCN1CC(=O)N2CCc3cc(OC)c(OC)cc3C2C1. The van der Waals surface area contributed by atoms with Gasteiger partial charge < -0.3 is 14.4 Å². The van der Waals surface area contributed by atoms with Crippen LogP contribution in [0, 0.1) is 0 Å². The molecule has 1 saturated heterocycles. The van der Waals surface area contributed by atoms with Gasteiger partial charge in [-0.05, 0) is 29.7 Å². The molecule has 1 unspecified atom stereocenters. The molecule has 1 aromatic rings. The molecule has 5 nitrogen and oxygen atoms in total. The topological polar surface area (TPSA) is 42.0 Å². The highest BCUT2D eigenvalue weighted by Gasteiger charge is 2.37. The molecule has 2 aliphatic heterocycles. The van der Waals surface area contributed by atoms with Gasteiger partial charge in [0.15, 0.2) is 11.5 Å². The third-order valence-corrected chi connectivity index (χ3v) is 4.50. The number of methoxy groups -OCH3 is 2. The van der Waals surface area contributed by atoms with Gasteiger partial charge in [-0.2, -0.15) is 0 Å². The first-order valence-electron chi connectivity index (χ1n) is 7.55. The van der Waals surface area contributed by atoms with Gasteiger partial charge in [0.2, 0.25) is 5.91 Å². The van der Waals surface area contributed by atoms with Crippen LogP contribution in [0.25, 0.3) is 0 Å². The van der Waals surface area contributed by atoms with Crippen molar-refractivity contribution in [1.29, 1.82) is 0 Å². The van der Waals surface area contributed by atoms with Crippen LogP contribution in [0.1, 0.15) is 17.2 Å². The van der Waals surface area contributed by atoms with Crippen LogP contribution in [0.2, 0.25) is 0 Å². The van der Waals surface area contributed by atoms with Crippen molar-refractivity contribution in [1.82, 2.24) is 9.80 Å². The van der Waals surface area contributed by atoms with Gasteiger partial charge in [0.05, 0.1) is 26.8 Å². The number of hydrogen-bond acceptors (Lipinski definition) is 4. The molecule has 2 aliphatic rings. The monoisotopic (exact) mass is 302 g/mol. The van der Waals surface area contributed by atoms with Crippen LogP contribution >= 0.6 is 0 Å². The normalized spacial score (nSPS) is 21.1. The molecule has 2 heterocycles. The molecular weight excluding hydrogens is 280 g/mol. The highest BCUT2D eigenvalue weighted by atomic mass is 16.5. The maximum absolute atomic E-state index is 12.4. The Morgan fingerprint density at radius 2 is 2.05 bits per heavy atom. The van der Waals surface area contributed by atoms with Crippen LogP contribution in [-0.2, 0) is 11.2 Å². The first-order chi connectivity index (χ1) is 10.7. The van der Waals surface area contributed by atoms with Crippen LogP contribution in [-0.4, -0.2) is 56.1 Å². The minimum absolute atomic E-state index is 0.0877. The number of carbonyl (C=O) groups excluding carboxylic acids is 1. The lowest BCUT2D eigenvalue weighted by atomic mass is 9.90. The van der Waals surface area contributed by atoms with Crippen molar-refractivity contribution in [2.45, 2.75) is 12.5 Å². The Bertz CT molecular complexity index is 600. The molecule has 0 N–H and O–H groups in total. The third-order valence-electron chi connectivity index (χ3n) is 4.50. The van der Waals surface area contributed by atoms with Gasteiger partial charge in [0.1, 0.15) is 0 Å². The van der Waals surface area contributed by atoms with Crippen LogP contribution in [0.4, 0.5) is 0 Å². The largest absolute Gasteiger partial charge is 0.493 e. The summed E-state index contributed by atoms with van der Waals surface area (Å²) < 4.78 is 10.8. The van der Waals surface area contributed by atoms with Crippen LogP contribution in [0.3, 0.4) is 0 Å². The number of rotatable bonds is 4. The molecule has 0 aromatic heterocycles. The van der Waals surface area contributed by atoms with Gasteiger partial charge in [-0.15, -0.1) is 6.58 Å². The van der Waals surface area contributed by atoms with E-state index in [0.717, 1.165) is 37.6 Å². The fourth-order valence-electron chi connectivity index (χ4n) is 3.44. The van der Waals surface area contributed by atoms with Crippen LogP contribution < -0.4 is 9.47 Å². The number of carbonyl (C=O) groups is 1. The Balaban J connectivity index is 1.99. The molecular formula is C17H22N2O3. The zero-order chi connectivity index (χ0) is 15.7. The molecule has 0 bridgehead atoms. The Kier molecular flexibility index (Phi) is 4.07. The summed E-state index contributed by atoms with van der Waals surface area (Å²) in [5, 5.41) is 0. The van der Waals surface area contributed by atoms with E-state index in [2.05, 4.69) is 11.5 Å². The molecule has 5 heteroatoms. The van der Waals surface area contributed by atoms with Gasteiger partial charge in [0.25, 0.3) is 0 Å². The van der Waals surface area contributed by atoms with Crippen LogP contribution in [0.5, 0.6) is 11.5 Å². The Hall–Kier alpha value is -2.01. The number of nitrogens with zero attached hydrogens (tertiary/aromatic N) is 2. The first-order valence-corrected chi connectivity index (χ1v) is 7.55. The first kappa shape index (κ1) is 14.9. The van der Waals surface area contributed by atoms with Gasteiger partial charge >= 0.3 is 0 Å². The Morgan fingerprint density at radius 3 is 2.73 bits per heavy atom. The molecule has 1 atom stereocenters. The van der Waals surface area contributed by atoms with Crippen molar-refractivity contribution in [3.63, 3.8) is 0 Å². The van der Waals surface area contributed by atoms with E-state index in [1.54, 1.807) is 14.2 Å². The van der Waals surface area contributed by atoms with Gasteiger partial charge in [-0.1, -0.05) is 6.08 Å². The predicted molar refractivity (Wildman–Crippen MR) is 84.3 cm³/mol. The minimum Gasteiger partial charge on any atom is -0.493 e. The highest BCUT2D eigenvalue weighted by Crippen LogP contribution is 2.39. The molecule has 1 amide bonds. The van der Waals surface area contributed by atoms with Crippen molar-refractivity contribution in [3.8, 4) is 11.5 Å². The maximum atomic E-state index is 12.4. The average Bonchev–Trinajstić information content (AvgIpc) is 2.53. The summed E-state index contributed by atoms with van der Waals surface area (Å²) in [5.74, 6) is 1.66. The molecule has 0 spiro atoms. The molecule has 22 heavy (non-hydrogen) atoms. The standard InChI is InChI=1S/C17H22N2O3/c1-4-6-18-10-14-13-9-16(22-3)15(21-2)8-12(13)5-7-19(14)17(20)11-18/h4,8-9,14H,1,5-7,10-11H2,2-3H3. The Morgan fingerprint density at radius 1 is 1.32 bits per heavy atom. The smallest absolute Gasteiger partial charge is 0.237 e. The number of benzene rings is 1. The number of hydrogen-bond donors (Lipinski definition) is 0. The summed E-state index contributed by atoms with van der Waals surface area (Å²) in [4.78, 5) is 16.5. The lowest BCUT2D eigenvalue weighted by molar-refractivity contribution is -0.140. The molecule has 1 aromatic carbocycles. The molecule has 0 radical (unpaired) electrons. The van der Waals surface area contributed by atoms with Crippen molar-refractivity contribution in [2.75, 3.05) is 40.4 Å². The molecule has 1 fully saturated rings. The van der Waals surface area contributed by atoms with Crippen molar-refractivity contribution in [2.24, 2.45) is 0 Å². The lowest BCUT2D eigenvalue weighted by Gasteiger charge is -2.44. The number of fused-ring (bicyclic) bond motifs is 3. The van der Waals surface area contributed by atoms with Crippen LogP contribution in [0.15, 0.2) is 24.8 Å². The zero-order valence-electron chi connectivity index (χ0n) is 13.2. The van der Waals surface area contributed by atoms with Gasteiger partial charge in [0, 0.05) is 19.6 Å².